The summed E-state index contributed by atoms with van der Waals surface area (Å²) < 4.78 is 4.19. The van der Waals surface area contributed by atoms with Gasteiger partial charge in [0, 0.05) is 20.7 Å². The van der Waals surface area contributed by atoms with Crippen LogP contribution >= 0.6 is 83.7 Å². The lowest BCUT2D eigenvalue weighted by atomic mass is 10.1. The lowest BCUT2D eigenvalue weighted by Crippen LogP contribution is -2.15. The van der Waals surface area contributed by atoms with Crippen molar-refractivity contribution in [2.24, 2.45) is 0 Å². The van der Waals surface area contributed by atoms with E-state index in [0.29, 0.717) is 5.56 Å². The zero-order valence-electron chi connectivity index (χ0n) is 10.3. The molecule has 0 saturated carbocycles. The molecule has 2 aromatic carbocycles. The van der Waals surface area contributed by atoms with Crippen LogP contribution in [0.25, 0.3) is 0 Å². The first-order chi connectivity index (χ1) is 9.40. The second-order valence-electron chi connectivity index (χ2n) is 4.11. The van der Waals surface area contributed by atoms with Crippen LogP contribution < -0.4 is 5.32 Å². The van der Waals surface area contributed by atoms with E-state index in [-0.39, 0.29) is 5.91 Å². The zero-order chi connectivity index (χ0) is 14.9. The van der Waals surface area contributed by atoms with Gasteiger partial charge >= 0.3 is 0 Å². The van der Waals surface area contributed by atoms with Crippen molar-refractivity contribution in [2.75, 3.05) is 5.32 Å². The molecule has 0 aliphatic carbocycles. The van der Waals surface area contributed by atoms with E-state index in [9.17, 15) is 4.79 Å². The van der Waals surface area contributed by atoms with Crippen molar-refractivity contribution in [1.82, 2.24) is 0 Å². The molecule has 0 bridgehead atoms. The Bertz CT molecular complexity index is 665. The molecule has 2 nitrogen and oxygen atoms in total. The van der Waals surface area contributed by atoms with Gasteiger partial charge in [-0.25, -0.2) is 0 Å². The molecular weight excluding hydrogens is 659 g/mol. The predicted molar refractivity (Wildman–Crippen MR) is 111 cm³/mol. The van der Waals surface area contributed by atoms with Gasteiger partial charge in [-0.3, -0.25) is 4.79 Å². The predicted octanol–water partition coefficient (Wildman–Crippen LogP) is 5.82. The lowest BCUT2D eigenvalue weighted by Gasteiger charge is -2.12. The summed E-state index contributed by atoms with van der Waals surface area (Å²) in [6.07, 6.45) is 0. The highest BCUT2D eigenvalue weighted by Crippen LogP contribution is 2.28. The quantitative estimate of drug-likeness (QED) is 0.402. The van der Waals surface area contributed by atoms with E-state index in [4.69, 9.17) is 0 Å². The van der Waals surface area contributed by atoms with Crippen LogP contribution in [-0.4, -0.2) is 5.91 Å². The summed E-state index contributed by atoms with van der Waals surface area (Å²) in [6.45, 7) is 1.93. The number of amides is 1. The summed E-state index contributed by atoms with van der Waals surface area (Å²) in [4.78, 5) is 12.4. The van der Waals surface area contributed by atoms with Gasteiger partial charge in [-0.15, -0.1) is 0 Å². The van der Waals surface area contributed by atoms with Crippen LogP contribution in [0.4, 0.5) is 5.69 Å². The van der Waals surface area contributed by atoms with Crippen LogP contribution in [0.5, 0.6) is 0 Å². The highest BCUT2D eigenvalue weighted by Gasteiger charge is 2.14. The molecule has 0 spiro atoms. The largest absolute Gasteiger partial charge is 0.320 e. The van der Waals surface area contributed by atoms with E-state index >= 15 is 0 Å². The van der Waals surface area contributed by atoms with E-state index in [0.717, 1.165) is 26.4 Å². The summed E-state index contributed by atoms with van der Waals surface area (Å²) in [5.74, 6) is -0.0826. The van der Waals surface area contributed by atoms with Gasteiger partial charge in [0.05, 0.1) is 5.69 Å². The van der Waals surface area contributed by atoms with Crippen molar-refractivity contribution in [3.8, 4) is 0 Å². The minimum Gasteiger partial charge on any atom is -0.320 e. The van der Waals surface area contributed by atoms with Crippen molar-refractivity contribution in [2.45, 2.75) is 6.92 Å². The van der Waals surface area contributed by atoms with E-state index in [1.54, 1.807) is 0 Å². The standard InChI is InChI=1S/C14H9BrI3NO/c1-7-9(3-2-4-10(7)15)14(20)19-13-11(17)5-8(16)6-12(13)18/h2-6H,1H3,(H,19,20). The molecule has 0 radical (unpaired) electrons. The molecular formula is C14H9BrI3NO. The Morgan fingerprint density at radius 2 is 1.75 bits per heavy atom. The third-order valence-electron chi connectivity index (χ3n) is 2.76. The van der Waals surface area contributed by atoms with Crippen LogP contribution in [0.3, 0.4) is 0 Å². The van der Waals surface area contributed by atoms with Crippen molar-refractivity contribution in [1.29, 1.82) is 0 Å². The summed E-state index contributed by atoms with van der Waals surface area (Å²) in [7, 11) is 0. The van der Waals surface area contributed by atoms with Crippen LogP contribution in [0, 0.1) is 17.6 Å². The molecule has 0 aliphatic heterocycles. The first-order valence-electron chi connectivity index (χ1n) is 5.61. The molecule has 0 aromatic heterocycles. The van der Waals surface area contributed by atoms with Gasteiger partial charge in [-0.2, -0.15) is 0 Å². The molecule has 0 atom stereocenters. The molecule has 6 heteroatoms. The maximum atomic E-state index is 12.4. The molecule has 0 fully saturated rings. The smallest absolute Gasteiger partial charge is 0.256 e. The number of hydrogen-bond acceptors (Lipinski definition) is 1. The molecule has 0 heterocycles. The van der Waals surface area contributed by atoms with Gasteiger partial charge in [-0.05, 0) is 105 Å². The molecule has 2 aromatic rings. The fraction of sp³-hybridized carbons (Fsp3) is 0.0714. The Hall–Kier alpha value is 0.580. The Morgan fingerprint density at radius 3 is 2.35 bits per heavy atom. The van der Waals surface area contributed by atoms with E-state index < -0.39 is 0 Å². The maximum absolute atomic E-state index is 12.4. The van der Waals surface area contributed by atoms with Crippen LogP contribution in [0.15, 0.2) is 34.8 Å². The van der Waals surface area contributed by atoms with Gasteiger partial charge < -0.3 is 5.32 Å². The summed E-state index contributed by atoms with van der Waals surface area (Å²) >= 11 is 10.2. The average molecular weight is 668 g/mol. The van der Waals surface area contributed by atoms with Gasteiger partial charge in [0.15, 0.2) is 0 Å². The molecule has 1 N–H and O–H groups in total. The second kappa shape index (κ2) is 7.23. The molecule has 0 saturated heterocycles. The third-order valence-corrected chi connectivity index (χ3v) is 5.94. The number of carbonyl (C=O) groups is 1. The summed E-state index contributed by atoms with van der Waals surface area (Å²) in [5.41, 5.74) is 2.50. The topological polar surface area (TPSA) is 29.1 Å². The Balaban J connectivity index is 2.36. The van der Waals surface area contributed by atoms with Gasteiger partial charge in [0.2, 0.25) is 0 Å². The number of hydrogen-bond donors (Lipinski definition) is 1. The third kappa shape index (κ3) is 3.86. The minimum atomic E-state index is -0.0826. The van der Waals surface area contributed by atoms with Crippen molar-refractivity contribution >= 4 is 95.3 Å². The second-order valence-corrected chi connectivity index (χ2v) is 8.54. The van der Waals surface area contributed by atoms with E-state index in [1.807, 2.05) is 37.3 Å². The summed E-state index contributed by atoms with van der Waals surface area (Å²) in [5, 5.41) is 3.01. The van der Waals surface area contributed by atoms with Crippen LogP contribution in [0.2, 0.25) is 0 Å². The van der Waals surface area contributed by atoms with Gasteiger partial charge in [0.1, 0.15) is 0 Å². The fourth-order valence-corrected chi connectivity index (χ4v) is 5.91. The van der Waals surface area contributed by atoms with Crippen molar-refractivity contribution < 1.29 is 4.79 Å². The summed E-state index contributed by atoms with van der Waals surface area (Å²) in [6, 6.07) is 9.74. The number of carbonyl (C=O) groups excluding carboxylic acids is 1. The SMILES string of the molecule is Cc1c(Br)cccc1C(=O)Nc1c(I)cc(I)cc1I. The van der Waals surface area contributed by atoms with Gasteiger partial charge in [-0.1, -0.05) is 22.0 Å². The highest BCUT2D eigenvalue weighted by atomic mass is 127. The minimum absolute atomic E-state index is 0.0826. The normalized spacial score (nSPS) is 10.4. The van der Waals surface area contributed by atoms with E-state index in [2.05, 4.69) is 89.0 Å². The maximum Gasteiger partial charge on any atom is 0.256 e. The van der Waals surface area contributed by atoms with Crippen molar-refractivity contribution in [3.63, 3.8) is 0 Å². The monoisotopic (exact) mass is 667 g/mol. The number of anilines is 1. The number of halogens is 4. The fourth-order valence-electron chi connectivity index (χ4n) is 1.70. The first kappa shape index (κ1) is 16.9. The number of benzene rings is 2. The molecule has 0 aliphatic rings. The Labute approximate surface area is 167 Å². The number of rotatable bonds is 2. The molecule has 0 unspecified atom stereocenters. The lowest BCUT2D eigenvalue weighted by molar-refractivity contribution is 0.102. The number of nitrogens with one attached hydrogen (secondary N) is 1. The van der Waals surface area contributed by atoms with E-state index in [1.165, 1.54) is 0 Å². The van der Waals surface area contributed by atoms with Crippen LogP contribution in [0.1, 0.15) is 15.9 Å². The molecule has 2 rings (SSSR count). The molecule has 20 heavy (non-hydrogen) atoms. The van der Waals surface area contributed by atoms with Gasteiger partial charge in [0.25, 0.3) is 5.91 Å². The Morgan fingerprint density at radius 1 is 1.15 bits per heavy atom. The molecule has 1 amide bonds. The zero-order valence-corrected chi connectivity index (χ0v) is 18.4. The van der Waals surface area contributed by atoms with Crippen molar-refractivity contribution in [3.05, 3.63) is 56.6 Å². The highest BCUT2D eigenvalue weighted by molar-refractivity contribution is 14.1. The Kier molecular flexibility index (Phi) is 6.12. The molecule has 104 valence electrons. The average Bonchev–Trinajstić information content (AvgIpc) is 2.36. The van der Waals surface area contributed by atoms with Crippen LogP contribution in [-0.2, 0) is 0 Å². The first-order valence-corrected chi connectivity index (χ1v) is 9.64.